The van der Waals surface area contributed by atoms with Crippen molar-refractivity contribution in [2.75, 3.05) is 12.4 Å². The molecule has 4 nitrogen and oxygen atoms in total. The maximum atomic E-state index is 5.19. The maximum absolute atomic E-state index is 5.19. The molecule has 5 heteroatoms. The van der Waals surface area contributed by atoms with Crippen LogP contribution in [-0.4, -0.2) is 17.1 Å². The van der Waals surface area contributed by atoms with Crippen LogP contribution in [-0.2, 0) is 6.54 Å². The lowest BCUT2D eigenvalue weighted by atomic mass is 10.2. The summed E-state index contributed by atoms with van der Waals surface area (Å²) in [6.45, 7) is 0.686. The Bertz CT molecular complexity index is 490. The van der Waals surface area contributed by atoms with Crippen molar-refractivity contribution in [3.63, 3.8) is 0 Å². The first kappa shape index (κ1) is 11.9. The molecule has 1 aromatic carbocycles. The van der Waals surface area contributed by atoms with Crippen molar-refractivity contribution in [3.05, 3.63) is 47.0 Å². The van der Waals surface area contributed by atoms with Crippen LogP contribution in [0.25, 0.3) is 0 Å². The molecule has 0 saturated heterocycles. The molecule has 0 fully saturated rings. The Morgan fingerprint density at radius 2 is 2.06 bits per heavy atom. The number of anilines is 1. The summed E-state index contributed by atoms with van der Waals surface area (Å²) in [6, 6.07) is 5.87. The standard InChI is InChI=1S/C12H12BrN3O/c1-17-11-2-3-12(13)9(4-11)5-16-10-6-14-8-15-7-10/h2-4,6-8,16H,5H2,1H3. The van der Waals surface area contributed by atoms with E-state index in [1.165, 1.54) is 6.33 Å². The van der Waals surface area contributed by atoms with Crippen LogP contribution in [0, 0.1) is 0 Å². The van der Waals surface area contributed by atoms with Gasteiger partial charge in [-0.1, -0.05) is 15.9 Å². The molecule has 1 N–H and O–H groups in total. The van der Waals surface area contributed by atoms with E-state index in [0.29, 0.717) is 6.54 Å². The van der Waals surface area contributed by atoms with E-state index in [0.717, 1.165) is 21.5 Å². The van der Waals surface area contributed by atoms with Crippen LogP contribution in [0.15, 0.2) is 41.4 Å². The van der Waals surface area contributed by atoms with Gasteiger partial charge in [-0.05, 0) is 23.8 Å². The number of halogens is 1. The topological polar surface area (TPSA) is 47.0 Å². The number of nitrogens with zero attached hydrogens (tertiary/aromatic N) is 2. The number of hydrogen-bond acceptors (Lipinski definition) is 4. The van der Waals surface area contributed by atoms with Gasteiger partial charge in [-0.2, -0.15) is 0 Å². The highest BCUT2D eigenvalue weighted by molar-refractivity contribution is 9.10. The van der Waals surface area contributed by atoms with E-state index in [2.05, 4.69) is 31.2 Å². The molecule has 88 valence electrons. The molecule has 0 spiro atoms. The molecule has 0 atom stereocenters. The van der Waals surface area contributed by atoms with Crippen LogP contribution >= 0.6 is 15.9 Å². The molecular weight excluding hydrogens is 282 g/mol. The average molecular weight is 294 g/mol. The fraction of sp³-hybridized carbons (Fsp3) is 0.167. The summed E-state index contributed by atoms with van der Waals surface area (Å²) >= 11 is 3.51. The molecule has 17 heavy (non-hydrogen) atoms. The molecule has 0 saturated carbocycles. The Balaban J connectivity index is 2.08. The number of rotatable bonds is 4. The highest BCUT2D eigenvalue weighted by Crippen LogP contribution is 2.23. The highest BCUT2D eigenvalue weighted by atomic mass is 79.9. The van der Waals surface area contributed by atoms with Gasteiger partial charge in [0.05, 0.1) is 25.2 Å². The first-order valence-corrected chi connectivity index (χ1v) is 5.90. The van der Waals surface area contributed by atoms with Crippen molar-refractivity contribution in [1.29, 1.82) is 0 Å². The summed E-state index contributed by atoms with van der Waals surface area (Å²) in [5.74, 6) is 0.842. The van der Waals surface area contributed by atoms with Crippen molar-refractivity contribution in [3.8, 4) is 5.75 Å². The summed E-state index contributed by atoms with van der Waals surface area (Å²) in [5.41, 5.74) is 2.01. The SMILES string of the molecule is COc1ccc(Br)c(CNc2cncnc2)c1. The summed E-state index contributed by atoms with van der Waals surface area (Å²) in [7, 11) is 1.66. The Morgan fingerprint density at radius 1 is 1.29 bits per heavy atom. The van der Waals surface area contributed by atoms with E-state index in [1.54, 1.807) is 19.5 Å². The van der Waals surface area contributed by atoms with Crippen LogP contribution in [0.2, 0.25) is 0 Å². The third-order valence-corrected chi connectivity index (χ3v) is 3.07. The fourth-order valence-electron chi connectivity index (χ4n) is 1.40. The minimum atomic E-state index is 0.686. The number of nitrogens with one attached hydrogen (secondary N) is 1. The van der Waals surface area contributed by atoms with Crippen molar-refractivity contribution >= 4 is 21.6 Å². The number of benzene rings is 1. The van der Waals surface area contributed by atoms with E-state index in [1.807, 2.05) is 18.2 Å². The third kappa shape index (κ3) is 3.17. The van der Waals surface area contributed by atoms with Crippen LogP contribution in [0.1, 0.15) is 5.56 Å². The predicted octanol–water partition coefficient (Wildman–Crippen LogP) is 2.86. The van der Waals surface area contributed by atoms with Gasteiger partial charge < -0.3 is 10.1 Å². The minimum Gasteiger partial charge on any atom is -0.497 e. The molecule has 0 unspecified atom stereocenters. The smallest absolute Gasteiger partial charge is 0.119 e. The largest absolute Gasteiger partial charge is 0.497 e. The highest BCUT2D eigenvalue weighted by Gasteiger charge is 2.02. The van der Waals surface area contributed by atoms with Crippen LogP contribution in [0.4, 0.5) is 5.69 Å². The van der Waals surface area contributed by atoms with Crippen LogP contribution in [0.5, 0.6) is 5.75 Å². The second kappa shape index (κ2) is 5.63. The van der Waals surface area contributed by atoms with Crippen molar-refractivity contribution < 1.29 is 4.74 Å². The van der Waals surface area contributed by atoms with Gasteiger partial charge in [0.1, 0.15) is 12.1 Å². The van der Waals surface area contributed by atoms with Crippen molar-refractivity contribution in [2.45, 2.75) is 6.54 Å². The first-order chi connectivity index (χ1) is 8.29. The molecule has 0 bridgehead atoms. The molecular formula is C12H12BrN3O. The number of methoxy groups -OCH3 is 1. The van der Waals surface area contributed by atoms with Gasteiger partial charge in [-0.15, -0.1) is 0 Å². The average Bonchev–Trinajstić information content (AvgIpc) is 2.39. The van der Waals surface area contributed by atoms with E-state index in [-0.39, 0.29) is 0 Å². The number of aromatic nitrogens is 2. The lowest BCUT2D eigenvalue weighted by molar-refractivity contribution is 0.414. The zero-order valence-electron chi connectivity index (χ0n) is 9.35. The lowest BCUT2D eigenvalue weighted by Crippen LogP contribution is -2.01. The Hall–Kier alpha value is -1.62. The number of hydrogen-bond donors (Lipinski definition) is 1. The molecule has 0 aliphatic rings. The monoisotopic (exact) mass is 293 g/mol. The van der Waals surface area contributed by atoms with Crippen molar-refractivity contribution in [1.82, 2.24) is 9.97 Å². The van der Waals surface area contributed by atoms with Gasteiger partial charge in [0.2, 0.25) is 0 Å². The second-order valence-corrected chi connectivity index (χ2v) is 4.29. The summed E-state index contributed by atoms with van der Waals surface area (Å²) in [5, 5.41) is 3.24. The van der Waals surface area contributed by atoms with E-state index < -0.39 is 0 Å². The van der Waals surface area contributed by atoms with Gasteiger partial charge in [0.25, 0.3) is 0 Å². The summed E-state index contributed by atoms with van der Waals surface area (Å²) in [4.78, 5) is 7.89. The molecule has 1 aromatic heterocycles. The maximum Gasteiger partial charge on any atom is 0.119 e. The second-order valence-electron chi connectivity index (χ2n) is 3.44. The van der Waals surface area contributed by atoms with Gasteiger partial charge in [0, 0.05) is 11.0 Å². The van der Waals surface area contributed by atoms with Crippen LogP contribution in [0.3, 0.4) is 0 Å². The van der Waals surface area contributed by atoms with Gasteiger partial charge in [-0.25, -0.2) is 9.97 Å². The molecule has 0 amide bonds. The quantitative estimate of drug-likeness (QED) is 0.942. The Labute approximate surface area is 108 Å². The fourth-order valence-corrected chi connectivity index (χ4v) is 1.79. The zero-order valence-corrected chi connectivity index (χ0v) is 10.9. The summed E-state index contributed by atoms with van der Waals surface area (Å²) in [6.07, 6.45) is 4.98. The molecule has 0 aliphatic carbocycles. The normalized spacial score (nSPS) is 10.0. The Morgan fingerprint density at radius 3 is 2.76 bits per heavy atom. The van der Waals surface area contributed by atoms with Gasteiger partial charge >= 0.3 is 0 Å². The summed E-state index contributed by atoms with van der Waals surface area (Å²) < 4.78 is 6.23. The molecule has 0 aliphatic heterocycles. The first-order valence-electron chi connectivity index (χ1n) is 5.11. The lowest BCUT2D eigenvalue weighted by Gasteiger charge is -2.09. The van der Waals surface area contributed by atoms with E-state index in [9.17, 15) is 0 Å². The predicted molar refractivity (Wildman–Crippen MR) is 70.1 cm³/mol. The molecule has 1 heterocycles. The van der Waals surface area contributed by atoms with E-state index >= 15 is 0 Å². The van der Waals surface area contributed by atoms with Crippen molar-refractivity contribution in [2.24, 2.45) is 0 Å². The molecule has 0 radical (unpaired) electrons. The Kier molecular flexibility index (Phi) is 3.93. The van der Waals surface area contributed by atoms with E-state index in [4.69, 9.17) is 4.74 Å². The third-order valence-electron chi connectivity index (χ3n) is 2.30. The molecule has 2 rings (SSSR count). The molecule has 2 aromatic rings. The van der Waals surface area contributed by atoms with Gasteiger partial charge in [0.15, 0.2) is 0 Å². The van der Waals surface area contributed by atoms with Gasteiger partial charge in [-0.3, -0.25) is 0 Å². The van der Waals surface area contributed by atoms with Crippen LogP contribution < -0.4 is 10.1 Å². The number of ether oxygens (including phenoxy) is 1. The zero-order chi connectivity index (χ0) is 12.1. The minimum absolute atomic E-state index is 0.686.